The van der Waals surface area contributed by atoms with Gasteiger partial charge in [0.25, 0.3) is 0 Å². The highest BCUT2D eigenvalue weighted by atomic mass is 16.5. The fraction of sp³-hybridized carbons (Fsp3) is 0.667. The van der Waals surface area contributed by atoms with Crippen LogP contribution in [0.5, 0.6) is 0 Å². The van der Waals surface area contributed by atoms with E-state index in [1.165, 1.54) is 11.1 Å². The van der Waals surface area contributed by atoms with E-state index in [-0.39, 0.29) is 35.2 Å². The summed E-state index contributed by atoms with van der Waals surface area (Å²) >= 11 is 0. The smallest absolute Gasteiger partial charge is 0.223 e. The number of benzene rings is 2. The maximum Gasteiger partial charge on any atom is 0.223 e. The molecule has 0 aliphatic carbocycles. The largest absolute Gasteiger partial charge is 0.375 e. The summed E-state index contributed by atoms with van der Waals surface area (Å²) in [5.41, 5.74) is 3.90. The lowest BCUT2D eigenvalue weighted by Crippen LogP contribution is -2.44. The van der Waals surface area contributed by atoms with E-state index >= 15 is 0 Å². The fourth-order valence-corrected chi connectivity index (χ4v) is 9.34. The summed E-state index contributed by atoms with van der Waals surface area (Å²) in [5.74, 6) is 0.869. The van der Waals surface area contributed by atoms with Crippen molar-refractivity contribution >= 4 is 23.4 Å². The van der Waals surface area contributed by atoms with Crippen LogP contribution >= 0.6 is 0 Å². The maximum absolute atomic E-state index is 12.9. The second-order valence-electron chi connectivity index (χ2n) is 17.7. The summed E-state index contributed by atoms with van der Waals surface area (Å²) < 4.78 is 6.58. The van der Waals surface area contributed by atoms with Gasteiger partial charge in [0.15, 0.2) is 11.6 Å². The fourth-order valence-electron chi connectivity index (χ4n) is 9.34. The van der Waals surface area contributed by atoms with Crippen LogP contribution in [0.1, 0.15) is 97.1 Å². The molecule has 2 aromatic rings. The summed E-state index contributed by atoms with van der Waals surface area (Å²) in [5, 5.41) is 12.6. The number of amides is 2. The minimum atomic E-state index is 0.121. The molecule has 61 heavy (non-hydrogen) atoms. The van der Waals surface area contributed by atoms with Crippen LogP contribution in [0.4, 0.5) is 0 Å². The SMILES string of the molecule is CCNC(=O)C1CCN(Cc2ccc(C(=O)CNCCN3CCC(OC4CCN(CCNCC(=O)c5ccc(CN6CCC(C(=O)NCC)CC6)cc5)CC4)CC3)cc2)CC1. The van der Waals surface area contributed by atoms with Crippen LogP contribution in [0.15, 0.2) is 48.5 Å². The van der Waals surface area contributed by atoms with Crippen molar-refractivity contribution in [3.8, 4) is 0 Å². The van der Waals surface area contributed by atoms with Crippen molar-refractivity contribution in [2.75, 3.05) is 105 Å². The normalized spacial score (nSPS) is 19.8. The minimum absolute atomic E-state index is 0.121. The number of ether oxygens (including phenoxy) is 1. The Bertz CT molecular complexity index is 1520. The van der Waals surface area contributed by atoms with E-state index in [2.05, 4.69) is 65.1 Å². The maximum atomic E-state index is 12.9. The molecule has 0 saturated carbocycles. The van der Waals surface area contributed by atoms with E-state index in [0.29, 0.717) is 38.4 Å². The second kappa shape index (κ2) is 24.9. The third kappa shape index (κ3) is 15.3. The van der Waals surface area contributed by atoms with E-state index in [4.69, 9.17) is 4.74 Å². The number of carbonyl (C=O) groups excluding carboxylic acids is 4. The number of carbonyl (C=O) groups is 4. The van der Waals surface area contributed by atoms with Gasteiger partial charge in [-0.3, -0.25) is 29.0 Å². The quantitative estimate of drug-likeness (QED) is 0.102. The van der Waals surface area contributed by atoms with Crippen LogP contribution in [0, 0.1) is 11.8 Å². The Kier molecular flexibility index (Phi) is 19.2. The first-order valence-corrected chi connectivity index (χ1v) is 23.5. The molecule has 2 amide bonds. The molecule has 13 nitrogen and oxygen atoms in total. The van der Waals surface area contributed by atoms with Gasteiger partial charge in [0.2, 0.25) is 11.8 Å². The van der Waals surface area contributed by atoms with E-state index in [9.17, 15) is 19.2 Å². The lowest BCUT2D eigenvalue weighted by molar-refractivity contribution is -0.127. The first-order chi connectivity index (χ1) is 29.8. The summed E-state index contributed by atoms with van der Waals surface area (Å²) in [6, 6.07) is 16.1. The van der Waals surface area contributed by atoms with Crippen molar-refractivity contribution in [2.45, 2.75) is 90.5 Å². The molecule has 13 heteroatoms. The average Bonchev–Trinajstić information content (AvgIpc) is 3.28. The lowest BCUT2D eigenvalue weighted by atomic mass is 9.95. The molecule has 4 aliphatic rings. The Labute approximate surface area is 365 Å². The Hall–Kier alpha value is -3.56. The van der Waals surface area contributed by atoms with Gasteiger partial charge < -0.3 is 35.8 Å². The molecule has 0 radical (unpaired) electrons. The molecule has 0 bridgehead atoms. The number of nitrogens with one attached hydrogen (secondary N) is 4. The molecule has 4 saturated heterocycles. The number of Topliss-reactive ketones (excluding diaryl/α,β-unsaturated/α-hetero) is 2. The van der Waals surface area contributed by atoms with Gasteiger partial charge in [-0.1, -0.05) is 48.5 Å². The molecule has 0 spiro atoms. The lowest BCUT2D eigenvalue weighted by Gasteiger charge is -2.37. The number of ketones is 2. The van der Waals surface area contributed by atoms with Gasteiger partial charge in [-0.05, 0) is 103 Å². The predicted molar refractivity (Wildman–Crippen MR) is 241 cm³/mol. The van der Waals surface area contributed by atoms with Gasteiger partial charge in [-0.15, -0.1) is 0 Å². The summed E-state index contributed by atoms with van der Waals surface area (Å²) in [6.07, 6.45) is 8.46. The van der Waals surface area contributed by atoms with E-state index in [1.807, 2.05) is 38.1 Å². The van der Waals surface area contributed by atoms with Crippen molar-refractivity contribution in [3.63, 3.8) is 0 Å². The van der Waals surface area contributed by atoms with Crippen molar-refractivity contribution < 1.29 is 23.9 Å². The third-order valence-corrected chi connectivity index (χ3v) is 13.2. The highest BCUT2D eigenvalue weighted by molar-refractivity contribution is 5.98. The van der Waals surface area contributed by atoms with Crippen molar-refractivity contribution in [2.24, 2.45) is 11.8 Å². The summed E-state index contributed by atoms with van der Waals surface area (Å²) in [4.78, 5) is 59.7. The zero-order valence-electron chi connectivity index (χ0n) is 37.1. The Balaban J connectivity index is 0.755. The zero-order valence-corrected chi connectivity index (χ0v) is 37.1. The monoisotopic (exact) mass is 843 g/mol. The molecular weight excluding hydrogens is 769 g/mol. The van der Waals surface area contributed by atoms with Crippen molar-refractivity contribution in [1.82, 2.24) is 40.9 Å². The van der Waals surface area contributed by atoms with Crippen LogP contribution in [-0.2, 0) is 27.4 Å². The minimum Gasteiger partial charge on any atom is -0.375 e. The molecule has 4 heterocycles. The van der Waals surface area contributed by atoms with E-state index in [0.717, 1.165) is 154 Å². The van der Waals surface area contributed by atoms with Crippen LogP contribution in [0.25, 0.3) is 0 Å². The summed E-state index contributed by atoms with van der Waals surface area (Å²) in [7, 11) is 0. The zero-order chi connectivity index (χ0) is 42.8. The van der Waals surface area contributed by atoms with Gasteiger partial charge in [0.05, 0.1) is 25.3 Å². The standard InChI is InChI=1S/C48H74N8O5/c1-3-51-47(59)41-13-23-55(24-14-41)35-37-5-9-39(10-6-37)45(57)33-49-21-31-53-27-17-43(18-28-53)61-44-19-29-54(30-20-44)32-22-50-34-46(58)40-11-7-38(8-12-40)36-56-25-15-42(16-26-56)48(60)52-4-2/h5-12,41-44,49-50H,3-4,13-36H2,1-2H3,(H,51,59)(H,52,60). The van der Waals surface area contributed by atoms with Crippen molar-refractivity contribution in [3.05, 3.63) is 70.8 Å². The van der Waals surface area contributed by atoms with Crippen molar-refractivity contribution in [1.29, 1.82) is 0 Å². The topological polar surface area (TPSA) is 139 Å². The van der Waals surface area contributed by atoms with Crippen LogP contribution in [0.3, 0.4) is 0 Å². The molecule has 0 aromatic heterocycles. The number of nitrogens with zero attached hydrogens (tertiary/aromatic N) is 4. The van der Waals surface area contributed by atoms with Gasteiger partial charge >= 0.3 is 0 Å². The molecule has 4 fully saturated rings. The number of hydrogen-bond acceptors (Lipinski definition) is 11. The molecule has 4 aliphatic heterocycles. The highest BCUT2D eigenvalue weighted by Crippen LogP contribution is 2.23. The van der Waals surface area contributed by atoms with Gasteiger partial charge in [-0.25, -0.2) is 0 Å². The third-order valence-electron chi connectivity index (χ3n) is 13.2. The Morgan fingerprint density at radius 3 is 1.20 bits per heavy atom. The number of rotatable bonds is 22. The van der Waals surface area contributed by atoms with E-state index < -0.39 is 0 Å². The predicted octanol–water partition coefficient (Wildman–Crippen LogP) is 3.57. The number of hydrogen-bond donors (Lipinski definition) is 4. The number of piperidine rings is 4. The highest BCUT2D eigenvalue weighted by Gasteiger charge is 2.28. The first-order valence-electron chi connectivity index (χ1n) is 23.5. The van der Waals surface area contributed by atoms with Crippen LogP contribution in [0.2, 0.25) is 0 Å². The molecule has 4 N–H and O–H groups in total. The molecule has 6 rings (SSSR count). The number of likely N-dealkylation sites (tertiary alicyclic amines) is 4. The molecule has 0 unspecified atom stereocenters. The van der Waals surface area contributed by atoms with Gasteiger partial charge in [0, 0.05) is 101 Å². The Morgan fingerprint density at radius 1 is 0.508 bits per heavy atom. The van der Waals surface area contributed by atoms with E-state index in [1.54, 1.807) is 0 Å². The van der Waals surface area contributed by atoms with Crippen LogP contribution in [-0.4, -0.2) is 160 Å². The Morgan fingerprint density at radius 2 is 0.852 bits per heavy atom. The van der Waals surface area contributed by atoms with Gasteiger partial charge in [0.1, 0.15) is 0 Å². The second-order valence-corrected chi connectivity index (χ2v) is 17.7. The van der Waals surface area contributed by atoms with Gasteiger partial charge in [-0.2, -0.15) is 0 Å². The van der Waals surface area contributed by atoms with Crippen LogP contribution < -0.4 is 21.3 Å². The first kappa shape index (κ1) is 46.9. The molecule has 336 valence electrons. The molecular formula is C48H74N8O5. The molecule has 2 aromatic carbocycles. The average molecular weight is 843 g/mol. The molecule has 0 atom stereocenters. The summed E-state index contributed by atoms with van der Waals surface area (Å²) in [6.45, 7) is 18.9.